The van der Waals surface area contributed by atoms with Crippen LogP contribution in [0.3, 0.4) is 0 Å². The number of rotatable bonds is 4. The van der Waals surface area contributed by atoms with E-state index in [0.29, 0.717) is 32.9 Å². The minimum atomic E-state index is -0.538. The molecule has 2 aromatic heterocycles. The van der Waals surface area contributed by atoms with Crippen LogP contribution in [0.2, 0.25) is 5.02 Å². The van der Waals surface area contributed by atoms with Gasteiger partial charge in [0.05, 0.1) is 35.3 Å². The molecule has 7 heteroatoms. The third kappa shape index (κ3) is 3.21. The van der Waals surface area contributed by atoms with Gasteiger partial charge in [-0.3, -0.25) is 9.78 Å². The Bertz CT molecular complexity index is 1010. The van der Waals surface area contributed by atoms with Gasteiger partial charge in [-0.15, -0.1) is 0 Å². The molecular weight excluding hydrogens is 344 g/mol. The maximum absolute atomic E-state index is 12.4. The van der Waals surface area contributed by atoms with Gasteiger partial charge in [0.1, 0.15) is 5.75 Å². The number of nitrogens with one attached hydrogen (secondary N) is 1. The molecule has 0 saturated heterocycles. The molecule has 25 heavy (non-hydrogen) atoms. The van der Waals surface area contributed by atoms with Gasteiger partial charge < -0.3 is 14.5 Å². The third-order valence-corrected chi connectivity index (χ3v) is 4.00. The van der Waals surface area contributed by atoms with Crippen molar-refractivity contribution in [3.63, 3.8) is 0 Å². The smallest absolute Gasteiger partial charge is 0.340 e. The molecule has 0 aliphatic carbocycles. The highest BCUT2D eigenvalue weighted by Gasteiger charge is 2.20. The highest BCUT2D eigenvalue weighted by atomic mass is 35.5. The fraction of sp³-hybridized carbons (Fsp3) is 0.167. The van der Waals surface area contributed by atoms with Gasteiger partial charge in [0, 0.05) is 23.4 Å². The number of ether oxygens (including phenoxy) is 2. The summed E-state index contributed by atoms with van der Waals surface area (Å²) in [5.74, 6) is 0.0433. The van der Waals surface area contributed by atoms with Crippen molar-refractivity contribution in [3.05, 3.63) is 57.5 Å². The van der Waals surface area contributed by atoms with E-state index in [4.69, 9.17) is 21.1 Å². The fourth-order valence-electron chi connectivity index (χ4n) is 2.57. The SMILES string of the molecule is CCOC(=O)c1cnc2ccc(=O)[nH]c2c1-c1ccc(OC)cc1Cl. The van der Waals surface area contributed by atoms with Gasteiger partial charge in [-0.1, -0.05) is 11.6 Å². The van der Waals surface area contributed by atoms with E-state index in [-0.39, 0.29) is 17.7 Å². The molecule has 0 atom stereocenters. The van der Waals surface area contributed by atoms with Crippen molar-refractivity contribution >= 4 is 28.6 Å². The number of esters is 1. The Hall–Kier alpha value is -2.86. The number of pyridine rings is 2. The van der Waals surface area contributed by atoms with Gasteiger partial charge in [-0.2, -0.15) is 0 Å². The maximum Gasteiger partial charge on any atom is 0.340 e. The first-order valence-electron chi connectivity index (χ1n) is 7.58. The average Bonchev–Trinajstić information content (AvgIpc) is 2.61. The fourth-order valence-corrected chi connectivity index (χ4v) is 2.83. The van der Waals surface area contributed by atoms with E-state index < -0.39 is 5.97 Å². The molecule has 128 valence electrons. The van der Waals surface area contributed by atoms with Gasteiger partial charge in [0.25, 0.3) is 0 Å². The number of carbonyl (C=O) groups excluding carboxylic acids is 1. The number of benzene rings is 1. The summed E-state index contributed by atoms with van der Waals surface area (Å²) >= 11 is 6.39. The van der Waals surface area contributed by atoms with Gasteiger partial charge in [-0.25, -0.2) is 4.79 Å². The summed E-state index contributed by atoms with van der Waals surface area (Å²) in [6.45, 7) is 1.94. The number of hydrogen-bond acceptors (Lipinski definition) is 5. The molecule has 0 bridgehead atoms. The molecular formula is C18H15ClN2O4. The third-order valence-electron chi connectivity index (χ3n) is 3.69. The summed E-state index contributed by atoms with van der Waals surface area (Å²) in [6, 6.07) is 8.05. The van der Waals surface area contributed by atoms with Crippen LogP contribution in [0.15, 0.2) is 41.3 Å². The second kappa shape index (κ2) is 6.94. The predicted octanol–water partition coefficient (Wildman–Crippen LogP) is 3.43. The lowest BCUT2D eigenvalue weighted by Gasteiger charge is -2.13. The standard InChI is InChI=1S/C18H15ClN2O4/c1-3-25-18(23)12-9-20-14-6-7-15(22)21-17(14)16(12)11-5-4-10(24-2)8-13(11)19/h4-9H,3H2,1-2H3,(H,21,22). The van der Waals surface area contributed by atoms with E-state index in [1.54, 1.807) is 31.2 Å². The van der Waals surface area contributed by atoms with Gasteiger partial charge in [0.2, 0.25) is 5.56 Å². The Morgan fingerprint density at radius 2 is 2.08 bits per heavy atom. The Labute approximate surface area is 148 Å². The molecule has 6 nitrogen and oxygen atoms in total. The number of nitrogens with zero attached hydrogens (tertiary/aromatic N) is 1. The number of fused-ring (bicyclic) bond motifs is 1. The van der Waals surface area contributed by atoms with E-state index in [1.165, 1.54) is 19.4 Å². The number of methoxy groups -OCH3 is 1. The van der Waals surface area contributed by atoms with Gasteiger partial charge >= 0.3 is 5.97 Å². The molecule has 3 aromatic rings. The first kappa shape index (κ1) is 17.0. The van der Waals surface area contributed by atoms with E-state index in [1.807, 2.05) is 0 Å². The topological polar surface area (TPSA) is 81.3 Å². The van der Waals surface area contributed by atoms with Crippen LogP contribution in [0.1, 0.15) is 17.3 Å². The predicted molar refractivity (Wildman–Crippen MR) is 95.3 cm³/mol. The normalized spacial score (nSPS) is 10.7. The summed E-state index contributed by atoms with van der Waals surface area (Å²) < 4.78 is 10.3. The van der Waals surface area contributed by atoms with Crippen molar-refractivity contribution in [3.8, 4) is 16.9 Å². The summed E-state index contributed by atoms with van der Waals surface area (Å²) in [4.78, 5) is 31.2. The minimum absolute atomic E-state index is 0.220. The Balaban J connectivity index is 2.36. The van der Waals surface area contributed by atoms with Gasteiger partial charge in [0.15, 0.2) is 0 Å². The van der Waals surface area contributed by atoms with Crippen LogP contribution in [-0.4, -0.2) is 29.7 Å². The quantitative estimate of drug-likeness (QED) is 0.722. The highest BCUT2D eigenvalue weighted by Crippen LogP contribution is 2.36. The molecule has 1 N–H and O–H groups in total. The van der Waals surface area contributed by atoms with Crippen LogP contribution in [0.4, 0.5) is 0 Å². The van der Waals surface area contributed by atoms with E-state index >= 15 is 0 Å². The first-order chi connectivity index (χ1) is 12.0. The molecule has 1 aromatic carbocycles. The van der Waals surface area contributed by atoms with E-state index in [9.17, 15) is 9.59 Å². The van der Waals surface area contributed by atoms with E-state index in [0.717, 1.165) is 0 Å². The van der Waals surface area contributed by atoms with Crippen LogP contribution in [0.25, 0.3) is 22.2 Å². The second-order valence-corrected chi connectivity index (χ2v) is 5.60. The maximum atomic E-state index is 12.4. The average molecular weight is 359 g/mol. The summed E-state index contributed by atoms with van der Waals surface area (Å²) in [7, 11) is 1.54. The van der Waals surface area contributed by atoms with Gasteiger partial charge in [-0.05, 0) is 31.2 Å². The minimum Gasteiger partial charge on any atom is -0.497 e. The van der Waals surface area contributed by atoms with Crippen LogP contribution in [0, 0.1) is 0 Å². The zero-order chi connectivity index (χ0) is 18.0. The molecule has 0 saturated carbocycles. The van der Waals surface area contributed by atoms with Crippen molar-refractivity contribution in [2.45, 2.75) is 6.92 Å². The second-order valence-electron chi connectivity index (χ2n) is 5.20. The van der Waals surface area contributed by atoms with E-state index in [2.05, 4.69) is 9.97 Å². The lowest BCUT2D eigenvalue weighted by Crippen LogP contribution is -2.11. The zero-order valence-corrected chi connectivity index (χ0v) is 14.4. The van der Waals surface area contributed by atoms with Crippen molar-refractivity contribution in [2.75, 3.05) is 13.7 Å². The van der Waals surface area contributed by atoms with Crippen molar-refractivity contribution in [1.29, 1.82) is 0 Å². The van der Waals surface area contributed by atoms with Crippen LogP contribution >= 0.6 is 11.6 Å². The molecule has 3 rings (SSSR count). The molecule has 0 radical (unpaired) electrons. The number of hydrogen-bond donors (Lipinski definition) is 1. The number of halogens is 1. The first-order valence-corrected chi connectivity index (χ1v) is 7.96. The lowest BCUT2D eigenvalue weighted by molar-refractivity contribution is 0.0527. The molecule has 0 unspecified atom stereocenters. The molecule has 0 aliphatic rings. The zero-order valence-electron chi connectivity index (χ0n) is 13.6. The summed E-state index contributed by atoms with van der Waals surface area (Å²) in [5.41, 5.74) is 1.91. The number of H-pyrrole nitrogens is 1. The molecule has 2 heterocycles. The largest absolute Gasteiger partial charge is 0.497 e. The highest BCUT2D eigenvalue weighted by molar-refractivity contribution is 6.34. The van der Waals surface area contributed by atoms with Crippen molar-refractivity contribution in [2.24, 2.45) is 0 Å². The number of aromatic nitrogens is 2. The van der Waals surface area contributed by atoms with Crippen molar-refractivity contribution < 1.29 is 14.3 Å². The molecule has 0 spiro atoms. The Morgan fingerprint density at radius 1 is 1.28 bits per heavy atom. The summed E-state index contributed by atoms with van der Waals surface area (Å²) in [6.07, 6.45) is 1.43. The number of carbonyl (C=O) groups is 1. The summed E-state index contributed by atoms with van der Waals surface area (Å²) in [5, 5.41) is 0.377. The van der Waals surface area contributed by atoms with Crippen LogP contribution in [0.5, 0.6) is 5.75 Å². The van der Waals surface area contributed by atoms with Crippen LogP contribution < -0.4 is 10.3 Å². The monoisotopic (exact) mass is 358 g/mol. The van der Waals surface area contributed by atoms with Crippen molar-refractivity contribution in [1.82, 2.24) is 9.97 Å². The molecule has 0 fully saturated rings. The number of aromatic amines is 1. The molecule has 0 amide bonds. The Kier molecular flexibility index (Phi) is 4.72. The van der Waals surface area contributed by atoms with Crippen LogP contribution in [-0.2, 0) is 4.74 Å². The lowest BCUT2D eigenvalue weighted by atomic mass is 9.99. The Morgan fingerprint density at radius 3 is 2.76 bits per heavy atom. The molecule has 0 aliphatic heterocycles.